The lowest BCUT2D eigenvalue weighted by Gasteiger charge is -2.05. The normalized spacial score (nSPS) is 10.4. The van der Waals surface area contributed by atoms with Gasteiger partial charge in [0.2, 0.25) is 0 Å². The van der Waals surface area contributed by atoms with Gasteiger partial charge in [-0.05, 0) is 35.4 Å². The fourth-order valence-corrected chi connectivity index (χ4v) is 1.75. The molecule has 0 saturated carbocycles. The number of carbonyl (C=O) groups is 1. The number of rotatable bonds is 2. The summed E-state index contributed by atoms with van der Waals surface area (Å²) in [6.45, 7) is 0. The molecular formula is C13H6ClF3O. The van der Waals surface area contributed by atoms with Crippen LogP contribution in [0, 0.1) is 17.5 Å². The first kappa shape index (κ1) is 12.6. The second-order valence-corrected chi connectivity index (χ2v) is 4.02. The van der Waals surface area contributed by atoms with Crippen molar-refractivity contribution in [1.82, 2.24) is 0 Å². The van der Waals surface area contributed by atoms with Crippen molar-refractivity contribution in [1.29, 1.82) is 0 Å². The van der Waals surface area contributed by atoms with Crippen molar-refractivity contribution in [2.24, 2.45) is 0 Å². The molecule has 0 radical (unpaired) electrons. The van der Waals surface area contributed by atoms with Gasteiger partial charge in [-0.1, -0.05) is 17.7 Å². The Morgan fingerprint density at radius 1 is 0.944 bits per heavy atom. The molecule has 0 N–H and O–H groups in total. The van der Waals surface area contributed by atoms with Crippen molar-refractivity contribution in [3.8, 4) is 11.1 Å². The zero-order valence-corrected chi connectivity index (χ0v) is 9.64. The van der Waals surface area contributed by atoms with E-state index in [1.165, 1.54) is 18.2 Å². The number of carbonyl (C=O) groups excluding carboxylic acids is 1. The van der Waals surface area contributed by atoms with Crippen LogP contribution in [0.1, 0.15) is 10.4 Å². The SMILES string of the molecule is O=Cc1ccc(-c2cc(F)c(F)c(F)c2)cc1Cl. The van der Waals surface area contributed by atoms with Gasteiger partial charge in [0.1, 0.15) is 0 Å². The number of benzene rings is 2. The van der Waals surface area contributed by atoms with Gasteiger partial charge in [-0.3, -0.25) is 4.79 Å². The van der Waals surface area contributed by atoms with Crippen molar-refractivity contribution >= 4 is 17.9 Å². The lowest BCUT2D eigenvalue weighted by molar-refractivity contribution is 0.112. The Labute approximate surface area is 106 Å². The minimum Gasteiger partial charge on any atom is -0.298 e. The van der Waals surface area contributed by atoms with E-state index >= 15 is 0 Å². The van der Waals surface area contributed by atoms with Crippen LogP contribution in [0.15, 0.2) is 30.3 Å². The molecular weight excluding hydrogens is 265 g/mol. The zero-order chi connectivity index (χ0) is 13.3. The van der Waals surface area contributed by atoms with Gasteiger partial charge < -0.3 is 0 Å². The second-order valence-electron chi connectivity index (χ2n) is 3.61. The van der Waals surface area contributed by atoms with Crippen LogP contribution in [0.5, 0.6) is 0 Å². The van der Waals surface area contributed by atoms with Gasteiger partial charge in [0.25, 0.3) is 0 Å². The summed E-state index contributed by atoms with van der Waals surface area (Å²) < 4.78 is 38.9. The van der Waals surface area contributed by atoms with Crippen molar-refractivity contribution in [3.05, 3.63) is 58.4 Å². The summed E-state index contributed by atoms with van der Waals surface area (Å²) in [4.78, 5) is 10.6. The fourth-order valence-electron chi connectivity index (χ4n) is 1.52. The predicted molar refractivity (Wildman–Crippen MR) is 62.1 cm³/mol. The molecule has 0 bridgehead atoms. The van der Waals surface area contributed by atoms with Gasteiger partial charge in [-0.25, -0.2) is 13.2 Å². The highest BCUT2D eigenvalue weighted by molar-refractivity contribution is 6.33. The van der Waals surface area contributed by atoms with E-state index in [0.29, 0.717) is 11.8 Å². The van der Waals surface area contributed by atoms with E-state index in [9.17, 15) is 18.0 Å². The van der Waals surface area contributed by atoms with Crippen LogP contribution in [0.2, 0.25) is 5.02 Å². The summed E-state index contributed by atoms with van der Waals surface area (Å²) in [5.41, 5.74) is 0.803. The summed E-state index contributed by atoms with van der Waals surface area (Å²) >= 11 is 5.80. The van der Waals surface area contributed by atoms with Crippen LogP contribution < -0.4 is 0 Å². The molecule has 0 aliphatic carbocycles. The Morgan fingerprint density at radius 3 is 2.06 bits per heavy atom. The van der Waals surface area contributed by atoms with Crippen LogP contribution in [-0.2, 0) is 0 Å². The van der Waals surface area contributed by atoms with Crippen LogP contribution in [-0.4, -0.2) is 6.29 Å². The summed E-state index contributed by atoms with van der Waals surface area (Å²) in [6.07, 6.45) is 0.567. The van der Waals surface area contributed by atoms with E-state index in [-0.39, 0.29) is 16.1 Å². The van der Waals surface area contributed by atoms with Crippen LogP contribution in [0.3, 0.4) is 0 Å². The molecule has 1 nitrogen and oxygen atoms in total. The molecule has 2 rings (SSSR count). The van der Waals surface area contributed by atoms with Gasteiger partial charge in [0.15, 0.2) is 23.7 Å². The predicted octanol–water partition coefficient (Wildman–Crippen LogP) is 4.24. The van der Waals surface area contributed by atoms with Crippen molar-refractivity contribution in [3.63, 3.8) is 0 Å². The average molecular weight is 271 g/mol. The van der Waals surface area contributed by atoms with Crippen molar-refractivity contribution < 1.29 is 18.0 Å². The molecule has 92 valence electrons. The lowest BCUT2D eigenvalue weighted by atomic mass is 10.0. The standard InChI is InChI=1S/C13H6ClF3O/c14-10-3-7(1-2-8(10)6-18)9-4-11(15)13(17)12(16)5-9/h1-6H. The van der Waals surface area contributed by atoms with Gasteiger partial charge >= 0.3 is 0 Å². The van der Waals surface area contributed by atoms with Crippen molar-refractivity contribution in [2.45, 2.75) is 0 Å². The van der Waals surface area contributed by atoms with Crippen LogP contribution >= 0.6 is 11.6 Å². The summed E-state index contributed by atoms with van der Waals surface area (Å²) in [7, 11) is 0. The Bertz CT molecular complexity index is 603. The molecule has 0 aromatic heterocycles. The summed E-state index contributed by atoms with van der Waals surface area (Å²) in [6, 6.07) is 6.01. The van der Waals surface area contributed by atoms with E-state index in [1.54, 1.807) is 0 Å². The summed E-state index contributed by atoms with van der Waals surface area (Å²) in [5.74, 6) is -4.07. The minimum absolute atomic E-state index is 0.144. The molecule has 5 heteroatoms. The Morgan fingerprint density at radius 2 is 1.56 bits per heavy atom. The third-order valence-corrected chi connectivity index (χ3v) is 2.77. The van der Waals surface area contributed by atoms with E-state index in [4.69, 9.17) is 11.6 Å². The Kier molecular flexibility index (Phi) is 3.39. The highest BCUT2D eigenvalue weighted by atomic mass is 35.5. The van der Waals surface area contributed by atoms with Crippen LogP contribution in [0.4, 0.5) is 13.2 Å². The number of hydrogen-bond acceptors (Lipinski definition) is 1. The maximum absolute atomic E-state index is 13.1. The number of hydrogen-bond donors (Lipinski definition) is 0. The molecule has 0 heterocycles. The molecule has 2 aromatic carbocycles. The maximum atomic E-state index is 13.1. The van der Waals surface area contributed by atoms with Gasteiger partial charge in [0.05, 0.1) is 5.02 Å². The largest absolute Gasteiger partial charge is 0.298 e. The second kappa shape index (κ2) is 4.82. The van der Waals surface area contributed by atoms with E-state index in [2.05, 4.69) is 0 Å². The smallest absolute Gasteiger partial charge is 0.194 e. The van der Waals surface area contributed by atoms with E-state index in [0.717, 1.165) is 12.1 Å². The van der Waals surface area contributed by atoms with Gasteiger partial charge in [-0.15, -0.1) is 0 Å². The highest BCUT2D eigenvalue weighted by Gasteiger charge is 2.12. The third-order valence-electron chi connectivity index (χ3n) is 2.44. The maximum Gasteiger partial charge on any atom is 0.194 e. The zero-order valence-electron chi connectivity index (χ0n) is 8.88. The Balaban J connectivity index is 2.55. The van der Waals surface area contributed by atoms with Crippen molar-refractivity contribution in [2.75, 3.05) is 0 Å². The molecule has 18 heavy (non-hydrogen) atoms. The molecule has 0 fully saturated rings. The van der Waals surface area contributed by atoms with Gasteiger partial charge in [0, 0.05) is 5.56 Å². The number of halogens is 4. The molecule has 0 spiro atoms. The van der Waals surface area contributed by atoms with Gasteiger partial charge in [-0.2, -0.15) is 0 Å². The molecule has 0 aliphatic rings. The van der Waals surface area contributed by atoms with Crippen LogP contribution in [0.25, 0.3) is 11.1 Å². The minimum atomic E-state index is -1.52. The highest BCUT2D eigenvalue weighted by Crippen LogP contribution is 2.27. The fraction of sp³-hybridized carbons (Fsp3) is 0. The van der Waals surface area contributed by atoms with E-state index < -0.39 is 17.5 Å². The topological polar surface area (TPSA) is 17.1 Å². The molecule has 0 aliphatic heterocycles. The average Bonchev–Trinajstić information content (AvgIpc) is 2.35. The molecule has 0 atom stereocenters. The summed E-state index contributed by atoms with van der Waals surface area (Å²) in [5, 5.41) is 0.160. The number of aldehydes is 1. The molecule has 2 aromatic rings. The first-order chi connectivity index (χ1) is 8.52. The lowest BCUT2D eigenvalue weighted by Crippen LogP contribution is -1.92. The Hall–Kier alpha value is -1.81. The molecule has 0 unspecified atom stereocenters. The third kappa shape index (κ3) is 2.24. The molecule has 0 saturated heterocycles. The monoisotopic (exact) mass is 270 g/mol. The quantitative estimate of drug-likeness (QED) is 0.589. The first-order valence-corrected chi connectivity index (χ1v) is 5.30. The first-order valence-electron chi connectivity index (χ1n) is 4.92. The van der Waals surface area contributed by atoms with E-state index in [1.807, 2.05) is 0 Å². The molecule has 0 amide bonds.